The molecule has 5 rings (SSSR count). The molecule has 0 nitrogen and oxygen atoms in total. The van der Waals surface area contributed by atoms with Gasteiger partial charge in [0.1, 0.15) is 0 Å². The molecule has 0 radical (unpaired) electrons. The second kappa shape index (κ2) is 5.49. The van der Waals surface area contributed by atoms with Gasteiger partial charge >= 0.3 is 0 Å². The molecule has 2 aromatic rings. The van der Waals surface area contributed by atoms with Crippen molar-refractivity contribution in [3.8, 4) is 0 Å². The quantitative estimate of drug-likeness (QED) is 0.661. The van der Waals surface area contributed by atoms with Crippen LogP contribution in [0.1, 0.15) is 28.7 Å². The minimum atomic E-state index is 0.561. The molecule has 0 heteroatoms. The Balaban J connectivity index is 1.33. The number of hydrogen-bond acceptors (Lipinski definition) is 0. The van der Waals surface area contributed by atoms with Crippen molar-refractivity contribution in [2.75, 3.05) is 0 Å². The molecule has 0 spiro atoms. The maximum atomic E-state index is 2.44. The Kier molecular flexibility index (Phi) is 3.16. The smallest absolute Gasteiger partial charge is 0.00216 e. The summed E-state index contributed by atoms with van der Waals surface area (Å²) in [7, 11) is 0. The van der Waals surface area contributed by atoms with Gasteiger partial charge in [-0.2, -0.15) is 0 Å². The summed E-state index contributed by atoms with van der Waals surface area (Å²) in [6.07, 6.45) is 15.3. The van der Waals surface area contributed by atoms with Crippen molar-refractivity contribution in [1.82, 2.24) is 0 Å². The van der Waals surface area contributed by atoms with E-state index >= 15 is 0 Å². The third-order valence-corrected chi connectivity index (χ3v) is 5.50. The summed E-state index contributed by atoms with van der Waals surface area (Å²) in [5, 5.41) is 0. The minimum Gasteiger partial charge on any atom is -0.0764 e. The summed E-state index contributed by atoms with van der Waals surface area (Å²) in [4.78, 5) is 0. The summed E-state index contributed by atoms with van der Waals surface area (Å²) in [5.74, 6) is 0.561. The maximum Gasteiger partial charge on any atom is 0.00216 e. The van der Waals surface area contributed by atoms with E-state index < -0.39 is 0 Å². The molecule has 0 saturated carbocycles. The van der Waals surface area contributed by atoms with E-state index in [1.165, 1.54) is 33.4 Å². The van der Waals surface area contributed by atoms with Gasteiger partial charge in [-0.25, -0.2) is 0 Å². The standard InChI is InChI=1S/C24H20/c1-2-6-20-14-23(13-19(20)5-1)17-9-11-18(12-10-17)24-15-21-7-3-4-8-22(21)16-24/h1-11,13,15,18H,12,14,16H2. The van der Waals surface area contributed by atoms with Crippen LogP contribution in [0.3, 0.4) is 0 Å². The molecule has 0 N–H and O–H groups in total. The van der Waals surface area contributed by atoms with Crippen LogP contribution in [0.5, 0.6) is 0 Å². The zero-order chi connectivity index (χ0) is 15.9. The highest BCUT2D eigenvalue weighted by Crippen LogP contribution is 2.36. The van der Waals surface area contributed by atoms with Crippen molar-refractivity contribution in [2.45, 2.75) is 19.3 Å². The van der Waals surface area contributed by atoms with Gasteiger partial charge in [0.05, 0.1) is 0 Å². The fourth-order valence-corrected chi connectivity index (χ4v) is 4.14. The summed E-state index contributed by atoms with van der Waals surface area (Å²) in [5.41, 5.74) is 10.2. The molecule has 0 bridgehead atoms. The van der Waals surface area contributed by atoms with Crippen LogP contribution in [0.15, 0.2) is 83.5 Å². The van der Waals surface area contributed by atoms with Crippen LogP contribution < -0.4 is 0 Å². The molecular weight excluding hydrogens is 288 g/mol. The van der Waals surface area contributed by atoms with Crippen LogP contribution >= 0.6 is 0 Å². The molecule has 0 heterocycles. The molecule has 1 atom stereocenters. The summed E-state index contributed by atoms with van der Waals surface area (Å²) in [6, 6.07) is 17.5. The second-order valence-electron chi connectivity index (χ2n) is 7.00. The maximum absolute atomic E-state index is 2.44. The number of benzene rings is 2. The van der Waals surface area contributed by atoms with E-state index in [4.69, 9.17) is 0 Å². The molecule has 2 aromatic carbocycles. The van der Waals surface area contributed by atoms with Crippen molar-refractivity contribution in [3.05, 3.63) is 106 Å². The molecule has 0 fully saturated rings. The first kappa shape index (κ1) is 13.8. The van der Waals surface area contributed by atoms with E-state index in [1.54, 1.807) is 5.57 Å². The predicted octanol–water partition coefficient (Wildman–Crippen LogP) is 5.77. The number of fused-ring (bicyclic) bond motifs is 2. The van der Waals surface area contributed by atoms with E-state index in [2.05, 4.69) is 78.9 Å². The Morgan fingerprint density at radius 1 is 0.750 bits per heavy atom. The second-order valence-corrected chi connectivity index (χ2v) is 7.00. The van der Waals surface area contributed by atoms with Gasteiger partial charge in [0.25, 0.3) is 0 Å². The van der Waals surface area contributed by atoms with Gasteiger partial charge in [0.2, 0.25) is 0 Å². The van der Waals surface area contributed by atoms with E-state index in [-0.39, 0.29) is 0 Å². The van der Waals surface area contributed by atoms with E-state index in [1.807, 2.05) is 0 Å². The molecule has 0 aromatic heterocycles. The van der Waals surface area contributed by atoms with Crippen molar-refractivity contribution in [3.63, 3.8) is 0 Å². The first-order chi connectivity index (χ1) is 11.9. The lowest BCUT2D eigenvalue weighted by Gasteiger charge is -2.18. The van der Waals surface area contributed by atoms with Crippen LogP contribution in [0, 0.1) is 5.92 Å². The fourth-order valence-electron chi connectivity index (χ4n) is 4.14. The average molecular weight is 308 g/mol. The largest absolute Gasteiger partial charge is 0.0764 e. The third kappa shape index (κ3) is 2.30. The molecule has 3 aliphatic carbocycles. The fraction of sp³-hybridized carbons (Fsp3) is 0.167. The van der Waals surface area contributed by atoms with Gasteiger partial charge in [-0.1, -0.05) is 84.5 Å². The highest BCUT2D eigenvalue weighted by Gasteiger charge is 2.21. The average Bonchev–Trinajstić information content (AvgIpc) is 3.25. The first-order valence-electron chi connectivity index (χ1n) is 8.82. The molecule has 116 valence electrons. The highest BCUT2D eigenvalue weighted by atomic mass is 14.3. The van der Waals surface area contributed by atoms with Gasteiger partial charge in [-0.05, 0) is 52.7 Å². The molecule has 24 heavy (non-hydrogen) atoms. The lowest BCUT2D eigenvalue weighted by Crippen LogP contribution is -2.05. The van der Waals surface area contributed by atoms with Crippen LogP contribution in [0.4, 0.5) is 0 Å². The highest BCUT2D eigenvalue weighted by molar-refractivity contribution is 5.70. The normalized spacial score (nSPS) is 21.0. The van der Waals surface area contributed by atoms with Crippen molar-refractivity contribution >= 4 is 12.2 Å². The molecule has 0 aliphatic heterocycles. The van der Waals surface area contributed by atoms with Gasteiger partial charge in [0, 0.05) is 5.92 Å². The van der Waals surface area contributed by atoms with E-state index in [0.717, 1.165) is 19.3 Å². The number of rotatable bonds is 2. The van der Waals surface area contributed by atoms with Gasteiger partial charge in [-0.3, -0.25) is 0 Å². The molecule has 0 amide bonds. The third-order valence-electron chi connectivity index (χ3n) is 5.50. The topological polar surface area (TPSA) is 0 Å². The van der Waals surface area contributed by atoms with Crippen LogP contribution in [-0.2, 0) is 12.8 Å². The van der Waals surface area contributed by atoms with Crippen molar-refractivity contribution in [2.24, 2.45) is 5.92 Å². The number of allylic oxidation sites excluding steroid dienone is 6. The van der Waals surface area contributed by atoms with Gasteiger partial charge in [0.15, 0.2) is 0 Å². The van der Waals surface area contributed by atoms with Gasteiger partial charge in [-0.15, -0.1) is 0 Å². The van der Waals surface area contributed by atoms with E-state index in [9.17, 15) is 0 Å². The number of hydrogen-bond donors (Lipinski definition) is 0. The monoisotopic (exact) mass is 308 g/mol. The van der Waals surface area contributed by atoms with Gasteiger partial charge < -0.3 is 0 Å². The Labute approximate surface area is 143 Å². The zero-order valence-electron chi connectivity index (χ0n) is 13.7. The Hall–Kier alpha value is -2.60. The summed E-state index contributed by atoms with van der Waals surface area (Å²) >= 11 is 0. The molecular formula is C24H20. The van der Waals surface area contributed by atoms with Crippen molar-refractivity contribution in [1.29, 1.82) is 0 Å². The Morgan fingerprint density at radius 3 is 2.12 bits per heavy atom. The summed E-state index contributed by atoms with van der Waals surface area (Å²) in [6.45, 7) is 0. The van der Waals surface area contributed by atoms with Crippen molar-refractivity contribution < 1.29 is 0 Å². The predicted molar refractivity (Wildman–Crippen MR) is 102 cm³/mol. The molecule has 0 saturated heterocycles. The lowest BCUT2D eigenvalue weighted by atomic mass is 9.87. The van der Waals surface area contributed by atoms with E-state index in [0.29, 0.717) is 5.92 Å². The minimum absolute atomic E-state index is 0.561. The summed E-state index contributed by atoms with van der Waals surface area (Å²) < 4.78 is 0. The lowest BCUT2D eigenvalue weighted by molar-refractivity contribution is 0.748. The zero-order valence-corrected chi connectivity index (χ0v) is 13.7. The Morgan fingerprint density at radius 2 is 1.46 bits per heavy atom. The molecule has 3 aliphatic rings. The SMILES string of the molecule is C1=CC(C2=Cc3ccccc3C2)CC=C1C1=Cc2ccccc2C1. The van der Waals surface area contributed by atoms with Crippen LogP contribution in [-0.4, -0.2) is 0 Å². The van der Waals surface area contributed by atoms with Crippen LogP contribution in [0.25, 0.3) is 12.2 Å². The van der Waals surface area contributed by atoms with Crippen LogP contribution in [0.2, 0.25) is 0 Å². The molecule has 1 unspecified atom stereocenters. The Bertz CT molecular complexity index is 934. The first-order valence-corrected chi connectivity index (χ1v) is 8.82.